The molecule has 2 rings (SSSR count). The van der Waals surface area contributed by atoms with Crippen molar-refractivity contribution in [1.82, 2.24) is 10.3 Å². The van der Waals surface area contributed by atoms with Gasteiger partial charge in [-0.15, -0.1) is 0 Å². The highest BCUT2D eigenvalue weighted by Gasteiger charge is 2.10. The van der Waals surface area contributed by atoms with Gasteiger partial charge in [-0.3, -0.25) is 0 Å². The molecule has 1 heterocycles. The molecule has 0 saturated carbocycles. The summed E-state index contributed by atoms with van der Waals surface area (Å²) in [7, 11) is 1.71. The van der Waals surface area contributed by atoms with Crippen LogP contribution >= 0.6 is 0 Å². The number of fused-ring (bicyclic) bond motifs is 1. The lowest BCUT2D eigenvalue weighted by Crippen LogP contribution is -2.16. The molecule has 3 heteroatoms. The molecule has 0 atom stereocenters. The van der Waals surface area contributed by atoms with Crippen LogP contribution in [-0.4, -0.2) is 25.2 Å². The molecule has 0 fully saturated rings. The zero-order valence-electron chi connectivity index (χ0n) is 10.8. The highest BCUT2D eigenvalue weighted by molar-refractivity contribution is 5.89. The van der Waals surface area contributed by atoms with E-state index in [1.54, 1.807) is 7.11 Å². The van der Waals surface area contributed by atoms with Gasteiger partial charge in [0.25, 0.3) is 0 Å². The largest absolute Gasteiger partial charge is 0.495 e. The summed E-state index contributed by atoms with van der Waals surface area (Å²) in [5, 5.41) is 4.64. The van der Waals surface area contributed by atoms with Crippen molar-refractivity contribution in [2.24, 2.45) is 0 Å². The van der Waals surface area contributed by atoms with E-state index in [0.717, 1.165) is 30.8 Å². The maximum Gasteiger partial charge on any atom is 0.142 e. The number of methoxy groups -OCH3 is 1. The number of hydrogen-bond acceptors (Lipinski definition) is 2. The predicted octanol–water partition coefficient (Wildman–Crippen LogP) is 2.64. The third kappa shape index (κ3) is 2.29. The van der Waals surface area contributed by atoms with Gasteiger partial charge in [-0.25, -0.2) is 0 Å². The number of H-pyrrole nitrogens is 1. The van der Waals surface area contributed by atoms with Crippen LogP contribution in [0.3, 0.4) is 0 Å². The SMILES string of the molecule is CCNCCc1c(C)[nH]c2c(OC)cccc12. The zero-order chi connectivity index (χ0) is 12.3. The van der Waals surface area contributed by atoms with Gasteiger partial charge >= 0.3 is 0 Å². The highest BCUT2D eigenvalue weighted by atomic mass is 16.5. The number of aromatic amines is 1. The van der Waals surface area contributed by atoms with Crippen LogP contribution < -0.4 is 10.1 Å². The van der Waals surface area contributed by atoms with E-state index in [0.29, 0.717) is 0 Å². The molecule has 92 valence electrons. The monoisotopic (exact) mass is 232 g/mol. The predicted molar refractivity (Wildman–Crippen MR) is 71.8 cm³/mol. The molecule has 17 heavy (non-hydrogen) atoms. The van der Waals surface area contributed by atoms with Gasteiger partial charge in [0.2, 0.25) is 0 Å². The number of likely N-dealkylation sites (N-methyl/N-ethyl adjacent to an activating group) is 1. The Bertz CT molecular complexity index is 502. The lowest BCUT2D eigenvalue weighted by atomic mass is 10.1. The van der Waals surface area contributed by atoms with Gasteiger partial charge < -0.3 is 15.0 Å². The molecule has 0 unspecified atom stereocenters. The summed E-state index contributed by atoms with van der Waals surface area (Å²) in [4.78, 5) is 3.42. The number of rotatable bonds is 5. The van der Waals surface area contributed by atoms with E-state index in [4.69, 9.17) is 4.74 Å². The molecule has 0 amide bonds. The summed E-state index contributed by atoms with van der Waals surface area (Å²) in [5.41, 5.74) is 3.74. The summed E-state index contributed by atoms with van der Waals surface area (Å²) in [6, 6.07) is 6.19. The number of nitrogens with one attached hydrogen (secondary N) is 2. The van der Waals surface area contributed by atoms with E-state index in [-0.39, 0.29) is 0 Å². The molecule has 3 nitrogen and oxygen atoms in total. The van der Waals surface area contributed by atoms with Gasteiger partial charge in [-0.2, -0.15) is 0 Å². The van der Waals surface area contributed by atoms with E-state index < -0.39 is 0 Å². The van der Waals surface area contributed by atoms with Crippen LogP contribution in [0.1, 0.15) is 18.2 Å². The van der Waals surface area contributed by atoms with E-state index in [9.17, 15) is 0 Å². The molecule has 0 aliphatic heterocycles. The fraction of sp³-hybridized carbons (Fsp3) is 0.429. The molecule has 2 N–H and O–H groups in total. The van der Waals surface area contributed by atoms with Crippen LogP contribution in [0.25, 0.3) is 10.9 Å². The Hall–Kier alpha value is -1.48. The fourth-order valence-electron chi connectivity index (χ4n) is 2.26. The minimum absolute atomic E-state index is 0.917. The molecular weight excluding hydrogens is 212 g/mol. The Morgan fingerprint density at radius 1 is 1.35 bits per heavy atom. The van der Waals surface area contributed by atoms with Gasteiger partial charge in [-0.05, 0) is 38.1 Å². The van der Waals surface area contributed by atoms with Crippen LogP contribution in [0.2, 0.25) is 0 Å². The molecule has 1 aromatic heterocycles. The van der Waals surface area contributed by atoms with Gasteiger partial charge in [0.15, 0.2) is 0 Å². The van der Waals surface area contributed by atoms with E-state index in [1.807, 2.05) is 12.1 Å². The van der Waals surface area contributed by atoms with E-state index >= 15 is 0 Å². The van der Waals surface area contributed by atoms with Crippen molar-refractivity contribution in [2.75, 3.05) is 20.2 Å². The van der Waals surface area contributed by atoms with Crippen LogP contribution in [0.4, 0.5) is 0 Å². The van der Waals surface area contributed by atoms with Gasteiger partial charge in [-0.1, -0.05) is 19.1 Å². The summed E-state index contributed by atoms with van der Waals surface area (Å²) >= 11 is 0. The highest BCUT2D eigenvalue weighted by Crippen LogP contribution is 2.29. The fourth-order valence-corrected chi connectivity index (χ4v) is 2.26. The number of benzene rings is 1. The Balaban J connectivity index is 2.38. The first-order valence-corrected chi connectivity index (χ1v) is 6.12. The molecule has 0 bridgehead atoms. The second kappa shape index (κ2) is 5.23. The molecular formula is C14H20N2O. The second-order valence-corrected chi connectivity index (χ2v) is 4.21. The number of para-hydroxylation sites is 1. The molecule has 1 aromatic carbocycles. The molecule has 0 spiro atoms. The summed E-state index contributed by atoms with van der Waals surface area (Å²) < 4.78 is 5.37. The molecule has 0 radical (unpaired) electrons. The number of aromatic nitrogens is 1. The Morgan fingerprint density at radius 2 is 2.18 bits per heavy atom. The summed E-state index contributed by atoms with van der Waals surface area (Å²) in [5.74, 6) is 0.917. The van der Waals surface area contributed by atoms with E-state index in [1.165, 1.54) is 16.6 Å². The number of aryl methyl sites for hydroxylation is 1. The van der Waals surface area contributed by atoms with Crippen molar-refractivity contribution in [3.8, 4) is 5.75 Å². The number of hydrogen-bond donors (Lipinski definition) is 2. The van der Waals surface area contributed by atoms with Crippen molar-refractivity contribution >= 4 is 10.9 Å². The second-order valence-electron chi connectivity index (χ2n) is 4.21. The molecule has 0 saturated heterocycles. The minimum atomic E-state index is 0.917. The van der Waals surface area contributed by atoms with Gasteiger partial charge in [0, 0.05) is 11.1 Å². The smallest absolute Gasteiger partial charge is 0.142 e. The molecule has 0 aliphatic carbocycles. The normalized spacial score (nSPS) is 11.0. The van der Waals surface area contributed by atoms with Crippen LogP contribution in [0, 0.1) is 6.92 Å². The maximum absolute atomic E-state index is 5.37. The van der Waals surface area contributed by atoms with Crippen molar-refractivity contribution in [3.63, 3.8) is 0 Å². The average molecular weight is 232 g/mol. The van der Waals surface area contributed by atoms with Gasteiger partial charge in [0.1, 0.15) is 5.75 Å². The summed E-state index contributed by atoms with van der Waals surface area (Å²) in [6.07, 6.45) is 1.05. The Morgan fingerprint density at radius 3 is 2.88 bits per heavy atom. The quantitative estimate of drug-likeness (QED) is 0.778. The standard InChI is InChI=1S/C14H20N2O/c1-4-15-9-8-11-10(2)16-14-12(11)6-5-7-13(14)17-3/h5-7,15-16H,4,8-9H2,1-3H3. The molecule has 2 aromatic rings. The van der Waals surface area contributed by atoms with Crippen molar-refractivity contribution in [1.29, 1.82) is 0 Å². The van der Waals surface area contributed by atoms with Gasteiger partial charge in [0.05, 0.1) is 12.6 Å². The van der Waals surface area contributed by atoms with Crippen LogP contribution in [-0.2, 0) is 6.42 Å². The third-order valence-electron chi connectivity index (χ3n) is 3.14. The number of ether oxygens (including phenoxy) is 1. The minimum Gasteiger partial charge on any atom is -0.495 e. The average Bonchev–Trinajstić information content (AvgIpc) is 2.66. The first kappa shape index (κ1) is 12.0. The van der Waals surface area contributed by atoms with Crippen molar-refractivity contribution in [2.45, 2.75) is 20.3 Å². The maximum atomic E-state index is 5.37. The zero-order valence-corrected chi connectivity index (χ0v) is 10.8. The first-order chi connectivity index (χ1) is 8.27. The topological polar surface area (TPSA) is 37.0 Å². The molecule has 0 aliphatic rings. The lowest BCUT2D eigenvalue weighted by molar-refractivity contribution is 0.419. The van der Waals surface area contributed by atoms with Crippen molar-refractivity contribution in [3.05, 3.63) is 29.5 Å². The third-order valence-corrected chi connectivity index (χ3v) is 3.14. The lowest BCUT2D eigenvalue weighted by Gasteiger charge is -2.03. The Labute approximate surface area is 102 Å². The first-order valence-electron chi connectivity index (χ1n) is 6.12. The van der Waals surface area contributed by atoms with Crippen LogP contribution in [0.5, 0.6) is 5.75 Å². The van der Waals surface area contributed by atoms with E-state index in [2.05, 4.69) is 30.2 Å². The van der Waals surface area contributed by atoms with Crippen molar-refractivity contribution < 1.29 is 4.74 Å². The Kier molecular flexibility index (Phi) is 3.69. The van der Waals surface area contributed by atoms with Crippen LogP contribution in [0.15, 0.2) is 18.2 Å². The summed E-state index contributed by atoms with van der Waals surface area (Å²) in [6.45, 7) is 6.29.